The fourth-order valence-electron chi connectivity index (χ4n) is 5.09. The monoisotopic (exact) mass is 390 g/mol. The van der Waals surface area contributed by atoms with Crippen molar-refractivity contribution in [2.75, 3.05) is 0 Å². The summed E-state index contributed by atoms with van der Waals surface area (Å²) in [6.45, 7) is 5.10. The Hall–Kier alpha value is -2.90. The Labute approximate surface area is 174 Å². The number of allylic oxidation sites excluding steroid dienone is 5. The van der Waals surface area contributed by atoms with Crippen molar-refractivity contribution < 1.29 is 0 Å². The minimum atomic E-state index is -1.85. The van der Waals surface area contributed by atoms with Gasteiger partial charge in [0.05, 0.1) is 0 Å². The molecule has 3 aromatic rings. The fourth-order valence-corrected chi connectivity index (χ4v) is 8.52. The Morgan fingerprint density at radius 3 is 2.10 bits per heavy atom. The van der Waals surface area contributed by atoms with Crippen LogP contribution in [0.3, 0.4) is 0 Å². The molecule has 0 saturated heterocycles. The van der Waals surface area contributed by atoms with Gasteiger partial charge in [-0.2, -0.15) is 0 Å². The Kier molecular flexibility index (Phi) is 4.48. The summed E-state index contributed by atoms with van der Waals surface area (Å²) >= 11 is 0. The lowest BCUT2D eigenvalue weighted by Gasteiger charge is -2.33. The summed E-state index contributed by atoms with van der Waals surface area (Å²) in [5, 5.41) is 3.29. The van der Waals surface area contributed by atoms with E-state index in [4.69, 9.17) is 0 Å². The van der Waals surface area contributed by atoms with Crippen LogP contribution in [-0.2, 0) is 0 Å². The Balaban J connectivity index is 1.83. The number of fused-ring (bicyclic) bond motifs is 1. The molecule has 0 heterocycles. The van der Waals surface area contributed by atoms with Gasteiger partial charge in [0.1, 0.15) is 8.07 Å². The SMILES string of the molecule is C[Si](C)(C1=CC=CC1)C1=C(c2ccccc2)c2ccccc2C1c1ccccc1. The lowest BCUT2D eigenvalue weighted by molar-refractivity contribution is 1.02. The van der Waals surface area contributed by atoms with Crippen LogP contribution in [0.2, 0.25) is 13.1 Å². The molecule has 3 aromatic carbocycles. The average molecular weight is 391 g/mol. The first-order valence-electron chi connectivity index (χ1n) is 10.5. The zero-order valence-electron chi connectivity index (χ0n) is 17.1. The van der Waals surface area contributed by atoms with Gasteiger partial charge in [-0.05, 0) is 34.2 Å². The standard InChI is InChI=1S/C28H26Si/c1-29(2,23-17-9-10-18-23)28-26(21-13-5-3-6-14-21)24-19-11-12-20-25(24)27(28)22-15-7-4-8-16-22/h3-17,19-20,26H,18H2,1-2H3. The van der Waals surface area contributed by atoms with Crippen LogP contribution in [0.5, 0.6) is 0 Å². The van der Waals surface area contributed by atoms with E-state index in [0.717, 1.165) is 6.42 Å². The van der Waals surface area contributed by atoms with E-state index in [0.29, 0.717) is 5.92 Å². The van der Waals surface area contributed by atoms with E-state index in [2.05, 4.69) is 116 Å². The van der Waals surface area contributed by atoms with Crippen molar-refractivity contribution in [3.8, 4) is 0 Å². The molecule has 0 amide bonds. The maximum Gasteiger partial charge on any atom is 0.105 e. The molecule has 1 heteroatoms. The van der Waals surface area contributed by atoms with E-state index in [-0.39, 0.29) is 0 Å². The second-order valence-electron chi connectivity index (χ2n) is 8.53. The molecule has 0 spiro atoms. The van der Waals surface area contributed by atoms with Gasteiger partial charge in [-0.25, -0.2) is 0 Å². The van der Waals surface area contributed by atoms with Crippen molar-refractivity contribution in [2.24, 2.45) is 0 Å². The first kappa shape index (κ1) is 18.1. The summed E-state index contributed by atoms with van der Waals surface area (Å²) in [4.78, 5) is 0. The van der Waals surface area contributed by atoms with Crippen LogP contribution in [0, 0.1) is 0 Å². The van der Waals surface area contributed by atoms with Gasteiger partial charge in [0.2, 0.25) is 0 Å². The third-order valence-electron chi connectivity index (χ3n) is 6.54. The molecule has 0 N–H and O–H groups in total. The van der Waals surface area contributed by atoms with E-state index in [9.17, 15) is 0 Å². The number of hydrogen-bond acceptors (Lipinski definition) is 0. The second-order valence-corrected chi connectivity index (χ2v) is 13.0. The minimum Gasteiger partial charge on any atom is -0.0809 e. The third kappa shape index (κ3) is 2.97. The van der Waals surface area contributed by atoms with Crippen molar-refractivity contribution in [1.82, 2.24) is 0 Å². The highest BCUT2D eigenvalue weighted by atomic mass is 28.3. The molecule has 0 radical (unpaired) electrons. The van der Waals surface area contributed by atoms with Gasteiger partial charge in [-0.3, -0.25) is 0 Å². The van der Waals surface area contributed by atoms with Crippen molar-refractivity contribution in [3.05, 3.63) is 136 Å². The van der Waals surface area contributed by atoms with Crippen LogP contribution < -0.4 is 0 Å². The van der Waals surface area contributed by atoms with Crippen molar-refractivity contribution in [2.45, 2.75) is 25.4 Å². The van der Waals surface area contributed by atoms with Crippen LogP contribution >= 0.6 is 0 Å². The molecular formula is C28H26Si. The normalized spacial score (nSPS) is 18.1. The zero-order valence-corrected chi connectivity index (χ0v) is 18.1. The van der Waals surface area contributed by atoms with Crippen LogP contribution in [0.1, 0.15) is 34.6 Å². The van der Waals surface area contributed by atoms with Crippen LogP contribution in [0.25, 0.3) is 5.57 Å². The Morgan fingerprint density at radius 2 is 1.41 bits per heavy atom. The molecule has 142 valence electrons. The van der Waals surface area contributed by atoms with Gasteiger partial charge in [0.15, 0.2) is 0 Å². The molecule has 0 nitrogen and oxygen atoms in total. The van der Waals surface area contributed by atoms with Gasteiger partial charge in [-0.1, -0.05) is 127 Å². The molecule has 0 fully saturated rings. The van der Waals surface area contributed by atoms with Crippen LogP contribution in [0.4, 0.5) is 0 Å². The Bertz CT molecular complexity index is 1130. The summed E-state index contributed by atoms with van der Waals surface area (Å²) < 4.78 is 0. The highest BCUT2D eigenvalue weighted by Gasteiger charge is 2.43. The lowest BCUT2D eigenvalue weighted by Crippen LogP contribution is -2.35. The second kappa shape index (κ2) is 7.17. The van der Waals surface area contributed by atoms with E-state index in [1.807, 2.05) is 0 Å². The summed E-state index contributed by atoms with van der Waals surface area (Å²) in [6, 6.07) is 31.2. The van der Waals surface area contributed by atoms with E-state index in [1.165, 1.54) is 27.8 Å². The van der Waals surface area contributed by atoms with Crippen molar-refractivity contribution >= 4 is 13.6 Å². The van der Waals surface area contributed by atoms with Crippen molar-refractivity contribution in [3.63, 3.8) is 0 Å². The highest BCUT2D eigenvalue weighted by molar-refractivity contribution is 6.92. The largest absolute Gasteiger partial charge is 0.105 e. The van der Waals surface area contributed by atoms with Crippen LogP contribution in [-0.4, -0.2) is 8.07 Å². The van der Waals surface area contributed by atoms with Crippen molar-refractivity contribution in [1.29, 1.82) is 0 Å². The molecule has 5 rings (SSSR count). The minimum absolute atomic E-state index is 0.339. The number of benzene rings is 3. The summed E-state index contributed by atoms with van der Waals surface area (Å²) in [7, 11) is -1.85. The lowest BCUT2D eigenvalue weighted by atomic mass is 9.93. The number of hydrogen-bond donors (Lipinski definition) is 0. The first-order valence-corrected chi connectivity index (χ1v) is 13.5. The van der Waals surface area contributed by atoms with Gasteiger partial charge in [0.25, 0.3) is 0 Å². The zero-order chi connectivity index (χ0) is 19.8. The summed E-state index contributed by atoms with van der Waals surface area (Å²) in [5.41, 5.74) is 7.10. The topological polar surface area (TPSA) is 0 Å². The van der Waals surface area contributed by atoms with Gasteiger partial charge in [0, 0.05) is 5.92 Å². The predicted molar refractivity (Wildman–Crippen MR) is 127 cm³/mol. The van der Waals surface area contributed by atoms with Crippen LogP contribution in [0.15, 0.2) is 114 Å². The third-order valence-corrected chi connectivity index (χ3v) is 10.4. The molecule has 0 aliphatic heterocycles. The maximum atomic E-state index is 2.55. The van der Waals surface area contributed by atoms with Gasteiger partial charge < -0.3 is 0 Å². The molecule has 1 atom stereocenters. The van der Waals surface area contributed by atoms with E-state index in [1.54, 1.807) is 10.4 Å². The summed E-state index contributed by atoms with van der Waals surface area (Å²) in [5.74, 6) is 0.339. The van der Waals surface area contributed by atoms with E-state index >= 15 is 0 Å². The molecule has 0 aromatic heterocycles. The predicted octanol–water partition coefficient (Wildman–Crippen LogP) is 7.31. The molecule has 2 aliphatic carbocycles. The smallest absolute Gasteiger partial charge is 0.0809 e. The summed E-state index contributed by atoms with van der Waals surface area (Å²) in [6.07, 6.45) is 8.04. The van der Waals surface area contributed by atoms with Gasteiger partial charge in [-0.15, -0.1) is 0 Å². The molecule has 29 heavy (non-hydrogen) atoms. The average Bonchev–Trinajstić information content (AvgIpc) is 3.42. The molecule has 2 aliphatic rings. The fraction of sp³-hybridized carbons (Fsp3) is 0.143. The first-order chi connectivity index (χ1) is 14.2. The van der Waals surface area contributed by atoms with E-state index < -0.39 is 8.07 Å². The number of rotatable bonds is 4. The maximum absolute atomic E-state index is 2.55. The molecule has 0 bridgehead atoms. The highest BCUT2D eigenvalue weighted by Crippen LogP contribution is 2.53. The Morgan fingerprint density at radius 1 is 0.759 bits per heavy atom. The molecule has 1 unspecified atom stereocenters. The molecule has 0 saturated carbocycles. The van der Waals surface area contributed by atoms with Gasteiger partial charge >= 0.3 is 0 Å². The molecular weight excluding hydrogens is 364 g/mol. The quantitative estimate of drug-likeness (QED) is 0.410.